The molecule has 0 aromatic carbocycles. The zero-order valence-corrected chi connectivity index (χ0v) is 8.19. The molecule has 0 spiro atoms. The fraction of sp³-hybridized carbons (Fsp3) is 0.625. The summed E-state index contributed by atoms with van der Waals surface area (Å²) in [6.45, 7) is 2.94. The lowest BCUT2D eigenvalue weighted by Crippen LogP contribution is -2.13. The van der Waals surface area contributed by atoms with Crippen molar-refractivity contribution in [2.24, 2.45) is 5.73 Å². The molecule has 0 unspecified atom stereocenters. The zero-order valence-electron chi connectivity index (χ0n) is 7.38. The first kappa shape index (κ1) is 8.93. The van der Waals surface area contributed by atoms with Gasteiger partial charge in [0.2, 0.25) is 0 Å². The second-order valence-corrected chi connectivity index (χ2v) is 3.99. The summed E-state index contributed by atoms with van der Waals surface area (Å²) in [4.78, 5) is 5.72. The van der Waals surface area contributed by atoms with Gasteiger partial charge in [-0.3, -0.25) is 0 Å². The molecule has 3 N–H and O–H groups in total. The Bertz CT molecular complexity index is 263. The predicted octanol–water partition coefficient (Wildman–Crippen LogP) is 0.586. The molecule has 0 amide bonds. The number of nitrogens with two attached hydrogens (primary N) is 1. The van der Waals surface area contributed by atoms with Crippen molar-refractivity contribution in [3.8, 4) is 0 Å². The van der Waals surface area contributed by atoms with Crippen molar-refractivity contribution < 1.29 is 4.74 Å². The molecule has 13 heavy (non-hydrogen) atoms. The fourth-order valence-electron chi connectivity index (χ4n) is 1.28. The predicted molar refractivity (Wildman–Crippen MR) is 53.0 cm³/mol. The van der Waals surface area contributed by atoms with Crippen LogP contribution in [-0.4, -0.2) is 24.7 Å². The quantitative estimate of drug-likeness (QED) is 0.748. The minimum absolute atomic E-state index is 0.640. The average molecular weight is 199 g/mol. The van der Waals surface area contributed by atoms with E-state index in [4.69, 9.17) is 10.5 Å². The van der Waals surface area contributed by atoms with Crippen LogP contribution in [0.15, 0.2) is 0 Å². The molecule has 0 radical (unpaired) electrons. The highest BCUT2D eigenvalue weighted by Crippen LogP contribution is 2.26. The van der Waals surface area contributed by atoms with Crippen LogP contribution in [-0.2, 0) is 17.8 Å². The third kappa shape index (κ3) is 1.99. The van der Waals surface area contributed by atoms with Crippen molar-refractivity contribution in [1.82, 2.24) is 4.98 Å². The van der Waals surface area contributed by atoms with Gasteiger partial charge in [0.1, 0.15) is 0 Å². The molecule has 72 valence electrons. The summed E-state index contributed by atoms with van der Waals surface area (Å²) in [5.74, 6) is 0. The molecule has 0 saturated carbocycles. The number of nitrogens with one attached hydrogen (secondary N) is 1. The number of aromatic nitrogens is 1. The minimum Gasteiger partial charge on any atom is -0.375 e. The molecule has 4 nitrogen and oxygen atoms in total. The molecule has 5 heteroatoms. The van der Waals surface area contributed by atoms with Gasteiger partial charge >= 0.3 is 0 Å². The van der Waals surface area contributed by atoms with Crippen LogP contribution < -0.4 is 11.1 Å². The smallest absolute Gasteiger partial charge is 0.183 e. The molecule has 2 heterocycles. The Morgan fingerprint density at radius 2 is 2.54 bits per heavy atom. The molecule has 1 aromatic heterocycles. The van der Waals surface area contributed by atoms with E-state index in [1.54, 1.807) is 11.3 Å². The number of anilines is 1. The van der Waals surface area contributed by atoms with E-state index in [2.05, 4.69) is 10.3 Å². The Labute approximate surface area is 81.1 Å². The van der Waals surface area contributed by atoms with Gasteiger partial charge in [-0.2, -0.15) is 0 Å². The standard InChI is InChI=1S/C8H13N3OS/c9-2-3-10-8-11-6-1-4-12-5-7(6)13-8/h1-5,9H2,(H,10,11). The monoisotopic (exact) mass is 199 g/mol. The first-order chi connectivity index (χ1) is 6.40. The molecular weight excluding hydrogens is 186 g/mol. The molecular formula is C8H13N3OS. The SMILES string of the molecule is NCCNc1nc2c(s1)COCC2. The van der Waals surface area contributed by atoms with Crippen LogP contribution in [0.3, 0.4) is 0 Å². The Morgan fingerprint density at radius 3 is 3.31 bits per heavy atom. The first-order valence-corrected chi connectivity index (χ1v) is 5.22. The van der Waals surface area contributed by atoms with Gasteiger partial charge in [-0.15, -0.1) is 0 Å². The molecule has 1 aliphatic rings. The lowest BCUT2D eigenvalue weighted by Gasteiger charge is -2.08. The van der Waals surface area contributed by atoms with E-state index in [1.165, 1.54) is 10.6 Å². The minimum atomic E-state index is 0.640. The van der Waals surface area contributed by atoms with Gasteiger partial charge in [-0.1, -0.05) is 11.3 Å². The summed E-state index contributed by atoms with van der Waals surface area (Å²) in [6, 6.07) is 0. The summed E-state index contributed by atoms with van der Waals surface area (Å²) < 4.78 is 5.33. The largest absolute Gasteiger partial charge is 0.375 e. The van der Waals surface area contributed by atoms with E-state index in [-0.39, 0.29) is 0 Å². The molecule has 0 saturated heterocycles. The molecule has 1 aromatic rings. The third-order valence-corrected chi connectivity index (χ3v) is 2.94. The van der Waals surface area contributed by atoms with E-state index >= 15 is 0 Å². The van der Waals surface area contributed by atoms with Crippen molar-refractivity contribution in [2.45, 2.75) is 13.0 Å². The number of rotatable bonds is 3. The number of nitrogens with zero attached hydrogens (tertiary/aromatic N) is 1. The van der Waals surface area contributed by atoms with Crippen molar-refractivity contribution in [3.05, 3.63) is 10.6 Å². The van der Waals surface area contributed by atoms with Crippen molar-refractivity contribution >= 4 is 16.5 Å². The lowest BCUT2D eigenvalue weighted by molar-refractivity contribution is 0.112. The van der Waals surface area contributed by atoms with E-state index in [9.17, 15) is 0 Å². The van der Waals surface area contributed by atoms with E-state index in [0.717, 1.165) is 31.3 Å². The fourth-order valence-corrected chi connectivity index (χ4v) is 2.25. The number of thiazole rings is 1. The highest BCUT2D eigenvalue weighted by molar-refractivity contribution is 7.15. The molecule has 0 bridgehead atoms. The summed E-state index contributed by atoms with van der Waals surface area (Å²) >= 11 is 1.67. The summed E-state index contributed by atoms with van der Waals surface area (Å²) in [5, 5.41) is 4.15. The Morgan fingerprint density at radius 1 is 1.62 bits per heavy atom. The molecule has 0 fully saturated rings. The summed E-state index contributed by atoms with van der Waals surface area (Å²) in [5.41, 5.74) is 6.58. The van der Waals surface area contributed by atoms with Crippen LogP contribution in [0, 0.1) is 0 Å². The lowest BCUT2D eigenvalue weighted by atomic mass is 10.2. The van der Waals surface area contributed by atoms with Gasteiger partial charge < -0.3 is 15.8 Å². The van der Waals surface area contributed by atoms with Crippen molar-refractivity contribution in [1.29, 1.82) is 0 Å². The summed E-state index contributed by atoms with van der Waals surface area (Å²) in [6.07, 6.45) is 0.941. The van der Waals surface area contributed by atoms with Crippen LogP contribution in [0.25, 0.3) is 0 Å². The van der Waals surface area contributed by atoms with Crippen LogP contribution >= 0.6 is 11.3 Å². The second-order valence-electron chi connectivity index (χ2n) is 2.91. The number of fused-ring (bicyclic) bond motifs is 1. The third-order valence-electron chi connectivity index (χ3n) is 1.92. The van der Waals surface area contributed by atoms with Crippen LogP contribution in [0.2, 0.25) is 0 Å². The van der Waals surface area contributed by atoms with Gasteiger partial charge in [0.15, 0.2) is 5.13 Å². The van der Waals surface area contributed by atoms with Crippen LogP contribution in [0.5, 0.6) is 0 Å². The molecule has 0 atom stereocenters. The van der Waals surface area contributed by atoms with Crippen molar-refractivity contribution in [3.63, 3.8) is 0 Å². The molecule has 2 rings (SSSR count). The molecule has 1 aliphatic heterocycles. The zero-order chi connectivity index (χ0) is 9.10. The topological polar surface area (TPSA) is 60.2 Å². The second kappa shape index (κ2) is 4.04. The van der Waals surface area contributed by atoms with Crippen LogP contribution in [0.4, 0.5) is 5.13 Å². The van der Waals surface area contributed by atoms with E-state index in [1.807, 2.05) is 0 Å². The highest BCUT2D eigenvalue weighted by atomic mass is 32.1. The maximum absolute atomic E-state index is 5.39. The molecule has 0 aliphatic carbocycles. The first-order valence-electron chi connectivity index (χ1n) is 4.40. The Kier molecular flexibility index (Phi) is 2.77. The number of ether oxygens (including phenoxy) is 1. The van der Waals surface area contributed by atoms with Gasteiger partial charge in [-0.25, -0.2) is 4.98 Å². The van der Waals surface area contributed by atoms with Crippen molar-refractivity contribution in [2.75, 3.05) is 25.0 Å². The Balaban J connectivity index is 2.07. The van der Waals surface area contributed by atoms with Crippen LogP contribution in [0.1, 0.15) is 10.6 Å². The van der Waals surface area contributed by atoms with E-state index in [0.29, 0.717) is 6.54 Å². The van der Waals surface area contributed by atoms with E-state index < -0.39 is 0 Å². The number of hydrogen-bond acceptors (Lipinski definition) is 5. The number of hydrogen-bond donors (Lipinski definition) is 2. The maximum Gasteiger partial charge on any atom is 0.183 e. The Hall–Kier alpha value is -0.650. The average Bonchev–Trinajstić information content (AvgIpc) is 2.57. The van der Waals surface area contributed by atoms with Gasteiger partial charge in [0.05, 0.1) is 23.8 Å². The normalized spacial score (nSPS) is 15.5. The van der Waals surface area contributed by atoms with Gasteiger partial charge in [0, 0.05) is 19.5 Å². The maximum atomic E-state index is 5.39. The van der Waals surface area contributed by atoms with Gasteiger partial charge in [-0.05, 0) is 0 Å². The van der Waals surface area contributed by atoms with Gasteiger partial charge in [0.25, 0.3) is 0 Å². The highest BCUT2D eigenvalue weighted by Gasteiger charge is 2.14. The summed E-state index contributed by atoms with van der Waals surface area (Å²) in [7, 11) is 0.